The fourth-order valence-electron chi connectivity index (χ4n) is 3.91. The Hall–Kier alpha value is -3.84. The average molecular weight is 459 g/mol. The molecule has 3 aromatic carbocycles. The fourth-order valence-corrected chi connectivity index (χ4v) is 3.91. The number of hydrogen-bond donors (Lipinski definition) is 2. The van der Waals surface area contributed by atoms with E-state index in [-0.39, 0.29) is 6.79 Å². The van der Waals surface area contributed by atoms with Crippen molar-refractivity contribution in [1.82, 2.24) is 14.9 Å². The van der Waals surface area contributed by atoms with Crippen LogP contribution in [0.1, 0.15) is 25.0 Å². The molecule has 0 fully saturated rings. The second kappa shape index (κ2) is 11.3. The molecule has 2 N–H and O–H groups in total. The smallest absolute Gasteiger partial charge is 0.295 e. The number of imidazole rings is 1. The van der Waals surface area contributed by atoms with Gasteiger partial charge in [0.15, 0.2) is 0 Å². The summed E-state index contributed by atoms with van der Waals surface area (Å²) in [5.74, 6) is 1.50. The van der Waals surface area contributed by atoms with Gasteiger partial charge in [-0.25, -0.2) is 4.98 Å². The third-order valence-electron chi connectivity index (χ3n) is 5.83. The van der Waals surface area contributed by atoms with Crippen molar-refractivity contribution in [2.45, 2.75) is 26.9 Å². The minimum atomic E-state index is -0.0946. The summed E-state index contributed by atoms with van der Waals surface area (Å²) in [6.45, 7) is 8.19. The van der Waals surface area contributed by atoms with E-state index in [1.165, 1.54) is 5.56 Å². The van der Waals surface area contributed by atoms with Crippen LogP contribution >= 0.6 is 0 Å². The van der Waals surface area contributed by atoms with Gasteiger partial charge in [-0.3, -0.25) is 9.69 Å². The van der Waals surface area contributed by atoms with Crippen molar-refractivity contribution >= 4 is 23.2 Å². The van der Waals surface area contributed by atoms with E-state index in [1.54, 1.807) is 0 Å². The Kier molecular flexibility index (Phi) is 7.78. The molecule has 7 heteroatoms. The maximum absolute atomic E-state index is 10.2. The number of nitrogens with zero attached hydrogens (tertiary/aromatic N) is 2. The predicted octanol–water partition coefficient (Wildman–Crippen LogP) is 5.19. The van der Waals surface area contributed by atoms with Crippen LogP contribution in [0.4, 0.5) is 5.69 Å². The van der Waals surface area contributed by atoms with E-state index in [0.29, 0.717) is 18.8 Å². The molecule has 0 unspecified atom stereocenters. The highest BCUT2D eigenvalue weighted by atomic mass is 16.7. The van der Waals surface area contributed by atoms with Crippen molar-refractivity contribution < 1.29 is 14.3 Å². The Balaban J connectivity index is 1.51. The standard InChI is InChI=1S/C27H30N4O3/c1-3-31(4-2)17-21-8-7-11-25-26(21)30-27(29-25)23-9-5-6-10-24(23)28-16-20-12-14-22(15-13-20)34-19-33-18-32/h5-15,18,28H,3-4,16-17,19H2,1-2H3,(H,29,30). The topological polar surface area (TPSA) is 79.5 Å². The van der Waals surface area contributed by atoms with Crippen LogP contribution < -0.4 is 10.1 Å². The number of hydrogen-bond acceptors (Lipinski definition) is 6. The average Bonchev–Trinajstić information content (AvgIpc) is 3.32. The quantitative estimate of drug-likeness (QED) is 0.173. The maximum Gasteiger partial charge on any atom is 0.295 e. The third kappa shape index (κ3) is 5.55. The molecule has 176 valence electrons. The van der Waals surface area contributed by atoms with Crippen molar-refractivity contribution in [3.63, 3.8) is 0 Å². The van der Waals surface area contributed by atoms with E-state index < -0.39 is 0 Å². The van der Waals surface area contributed by atoms with Crippen LogP contribution in [0.25, 0.3) is 22.4 Å². The number of benzene rings is 3. The molecule has 0 amide bonds. The Morgan fingerprint density at radius 1 is 1.00 bits per heavy atom. The largest absolute Gasteiger partial charge is 0.457 e. The summed E-state index contributed by atoms with van der Waals surface area (Å²) in [6.07, 6.45) is 0. The first-order valence-corrected chi connectivity index (χ1v) is 11.5. The summed E-state index contributed by atoms with van der Waals surface area (Å²) >= 11 is 0. The van der Waals surface area contributed by atoms with E-state index in [4.69, 9.17) is 9.72 Å². The zero-order chi connectivity index (χ0) is 23.8. The maximum atomic E-state index is 10.2. The summed E-state index contributed by atoms with van der Waals surface area (Å²) in [5.41, 5.74) is 6.43. The van der Waals surface area contributed by atoms with Crippen LogP contribution in [0.2, 0.25) is 0 Å². The Morgan fingerprint density at radius 3 is 2.56 bits per heavy atom. The number of carbonyl (C=O) groups excluding carboxylic acids is 1. The van der Waals surface area contributed by atoms with Crippen LogP contribution in [0.15, 0.2) is 66.7 Å². The molecule has 1 aromatic heterocycles. The molecular weight excluding hydrogens is 428 g/mol. The second-order valence-corrected chi connectivity index (χ2v) is 7.93. The van der Waals surface area contributed by atoms with Gasteiger partial charge in [-0.2, -0.15) is 0 Å². The lowest BCUT2D eigenvalue weighted by atomic mass is 10.1. The number of anilines is 1. The van der Waals surface area contributed by atoms with Crippen molar-refractivity contribution in [3.8, 4) is 17.1 Å². The first kappa shape index (κ1) is 23.3. The lowest BCUT2D eigenvalue weighted by Crippen LogP contribution is -2.22. The molecule has 0 radical (unpaired) electrons. The number of carbonyl (C=O) groups is 1. The number of ether oxygens (including phenoxy) is 2. The molecule has 0 atom stereocenters. The second-order valence-electron chi connectivity index (χ2n) is 7.93. The van der Waals surface area contributed by atoms with Gasteiger partial charge in [-0.1, -0.05) is 50.2 Å². The molecule has 34 heavy (non-hydrogen) atoms. The molecule has 1 heterocycles. The van der Waals surface area contributed by atoms with Crippen molar-refractivity contribution in [1.29, 1.82) is 0 Å². The summed E-state index contributed by atoms with van der Waals surface area (Å²) in [4.78, 5) is 21.1. The fraction of sp³-hybridized carbons (Fsp3) is 0.259. The number of H-pyrrole nitrogens is 1. The lowest BCUT2D eigenvalue weighted by Gasteiger charge is -2.18. The number of rotatable bonds is 12. The van der Waals surface area contributed by atoms with Crippen LogP contribution in [-0.4, -0.2) is 41.2 Å². The molecule has 0 bridgehead atoms. The number of fused-ring (bicyclic) bond motifs is 1. The molecule has 0 saturated carbocycles. The van der Waals surface area contributed by atoms with Gasteiger partial charge in [0.2, 0.25) is 6.79 Å². The van der Waals surface area contributed by atoms with E-state index in [0.717, 1.165) is 53.3 Å². The van der Waals surface area contributed by atoms with Crippen molar-refractivity contribution in [2.75, 3.05) is 25.2 Å². The van der Waals surface area contributed by atoms with Gasteiger partial charge in [-0.05, 0) is 54.5 Å². The zero-order valence-corrected chi connectivity index (χ0v) is 19.6. The van der Waals surface area contributed by atoms with E-state index in [1.807, 2.05) is 36.4 Å². The van der Waals surface area contributed by atoms with Gasteiger partial charge in [0.05, 0.1) is 11.0 Å². The Labute approximate surface area is 199 Å². The molecule has 0 spiro atoms. The lowest BCUT2D eigenvalue weighted by molar-refractivity contribution is -0.134. The minimum Gasteiger partial charge on any atom is -0.457 e. The van der Waals surface area contributed by atoms with Gasteiger partial charge < -0.3 is 19.8 Å². The first-order valence-electron chi connectivity index (χ1n) is 11.5. The van der Waals surface area contributed by atoms with Crippen LogP contribution in [0.3, 0.4) is 0 Å². The number of aromatic nitrogens is 2. The highest BCUT2D eigenvalue weighted by molar-refractivity contribution is 5.85. The highest BCUT2D eigenvalue weighted by Gasteiger charge is 2.13. The van der Waals surface area contributed by atoms with Crippen molar-refractivity contribution in [2.24, 2.45) is 0 Å². The van der Waals surface area contributed by atoms with Gasteiger partial charge in [0.25, 0.3) is 6.47 Å². The first-order chi connectivity index (χ1) is 16.7. The summed E-state index contributed by atoms with van der Waals surface area (Å²) in [7, 11) is 0. The molecule has 7 nitrogen and oxygen atoms in total. The third-order valence-corrected chi connectivity index (χ3v) is 5.83. The summed E-state index contributed by atoms with van der Waals surface area (Å²) in [5, 5.41) is 3.53. The molecule has 0 saturated heterocycles. The van der Waals surface area contributed by atoms with E-state index >= 15 is 0 Å². The molecular formula is C27H30N4O3. The zero-order valence-electron chi connectivity index (χ0n) is 19.6. The molecule has 4 aromatic rings. The number of nitrogens with one attached hydrogen (secondary N) is 2. The Morgan fingerprint density at radius 2 is 1.79 bits per heavy atom. The minimum absolute atomic E-state index is 0.0946. The molecule has 0 aliphatic rings. The van der Waals surface area contributed by atoms with Gasteiger partial charge >= 0.3 is 0 Å². The summed E-state index contributed by atoms with van der Waals surface area (Å²) < 4.78 is 9.89. The van der Waals surface area contributed by atoms with Crippen LogP contribution in [0.5, 0.6) is 5.75 Å². The predicted molar refractivity (Wildman–Crippen MR) is 135 cm³/mol. The van der Waals surface area contributed by atoms with Crippen LogP contribution in [-0.2, 0) is 22.6 Å². The van der Waals surface area contributed by atoms with E-state index in [9.17, 15) is 4.79 Å². The normalized spacial score (nSPS) is 11.0. The van der Waals surface area contributed by atoms with Gasteiger partial charge in [-0.15, -0.1) is 0 Å². The van der Waals surface area contributed by atoms with Crippen LogP contribution in [0, 0.1) is 0 Å². The van der Waals surface area contributed by atoms with Crippen molar-refractivity contribution in [3.05, 3.63) is 77.9 Å². The summed E-state index contributed by atoms with van der Waals surface area (Å²) in [6, 6.07) is 22.2. The number of para-hydroxylation sites is 2. The highest BCUT2D eigenvalue weighted by Crippen LogP contribution is 2.29. The monoisotopic (exact) mass is 458 g/mol. The SMILES string of the molecule is CCN(CC)Cc1cccc2[nH]c(-c3ccccc3NCc3ccc(OCOC=O)cc3)nc12. The molecule has 0 aliphatic carbocycles. The molecule has 4 rings (SSSR count). The van der Waals surface area contributed by atoms with Gasteiger partial charge in [0.1, 0.15) is 11.6 Å². The molecule has 0 aliphatic heterocycles. The van der Waals surface area contributed by atoms with Gasteiger partial charge in [0, 0.05) is 24.3 Å². The Bertz CT molecular complexity index is 1220. The number of aromatic amines is 1. The van der Waals surface area contributed by atoms with E-state index in [2.05, 4.69) is 64.1 Å².